The molecular formula is C8H10KN3OS. The minimum atomic E-state index is -0.172. The van der Waals surface area contributed by atoms with Crippen molar-refractivity contribution < 1.29 is 51.4 Å². The molecule has 1 aromatic heterocycles. The minimum Gasteiger partial charge on any atom is -0.740 e. The van der Waals surface area contributed by atoms with E-state index in [1.54, 1.807) is 0 Å². The standard InChI is InChI=1S/C8H11N3OS.K/c9-11-7(12)5-3-1-2-4-6(5)10-8(11)13;/h1-4,9H2,(H,10,13);/q;+1/p-1. The molecule has 0 spiro atoms. The molecule has 1 aliphatic carbocycles. The van der Waals surface area contributed by atoms with Crippen molar-refractivity contribution in [2.75, 3.05) is 5.84 Å². The van der Waals surface area contributed by atoms with Crippen LogP contribution in [0.2, 0.25) is 0 Å². The Morgan fingerprint density at radius 1 is 1.36 bits per heavy atom. The van der Waals surface area contributed by atoms with Gasteiger partial charge in [0.15, 0.2) is 0 Å². The van der Waals surface area contributed by atoms with Gasteiger partial charge in [0, 0.05) is 16.4 Å². The van der Waals surface area contributed by atoms with Crippen LogP contribution < -0.4 is 62.8 Å². The van der Waals surface area contributed by atoms with Gasteiger partial charge in [-0.25, -0.2) is 4.68 Å². The van der Waals surface area contributed by atoms with Gasteiger partial charge in [-0.1, -0.05) is 0 Å². The van der Waals surface area contributed by atoms with Crippen LogP contribution in [0.3, 0.4) is 0 Å². The summed E-state index contributed by atoms with van der Waals surface area (Å²) in [5.41, 5.74) is 1.43. The molecule has 0 atom stereocenters. The number of hydrogen-bond donors (Lipinski definition) is 1. The average Bonchev–Trinajstić information content (AvgIpc) is 2.15. The van der Waals surface area contributed by atoms with Gasteiger partial charge in [-0.2, -0.15) is 0 Å². The van der Waals surface area contributed by atoms with Gasteiger partial charge in [0.1, 0.15) is 0 Å². The van der Waals surface area contributed by atoms with Crippen molar-refractivity contribution in [3.8, 4) is 0 Å². The SMILES string of the molecule is Nn1c([S-])nc2c(c1=O)CCCC2.[K+]. The maximum atomic E-state index is 11.6. The molecule has 0 bridgehead atoms. The Morgan fingerprint density at radius 2 is 2.00 bits per heavy atom. The molecule has 0 radical (unpaired) electrons. The average molecular weight is 235 g/mol. The van der Waals surface area contributed by atoms with E-state index >= 15 is 0 Å². The predicted octanol–water partition coefficient (Wildman–Crippen LogP) is -3.25. The summed E-state index contributed by atoms with van der Waals surface area (Å²) in [5, 5.41) is 0.186. The van der Waals surface area contributed by atoms with Gasteiger partial charge in [-0.3, -0.25) is 9.78 Å². The summed E-state index contributed by atoms with van der Waals surface area (Å²) < 4.78 is 0.958. The molecule has 4 nitrogen and oxygen atoms in total. The van der Waals surface area contributed by atoms with Gasteiger partial charge >= 0.3 is 51.4 Å². The van der Waals surface area contributed by atoms with Gasteiger partial charge in [0.25, 0.3) is 5.56 Å². The first-order valence-corrected chi connectivity index (χ1v) is 4.68. The fourth-order valence-electron chi connectivity index (χ4n) is 1.64. The van der Waals surface area contributed by atoms with E-state index in [1.165, 1.54) is 0 Å². The monoisotopic (exact) mass is 235 g/mol. The molecule has 1 aliphatic rings. The van der Waals surface area contributed by atoms with Crippen molar-refractivity contribution >= 4 is 12.6 Å². The van der Waals surface area contributed by atoms with E-state index in [2.05, 4.69) is 4.98 Å². The Balaban J connectivity index is 0.000000980. The molecule has 14 heavy (non-hydrogen) atoms. The zero-order valence-corrected chi connectivity index (χ0v) is 12.1. The quantitative estimate of drug-likeness (QED) is 0.222. The van der Waals surface area contributed by atoms with Crippen LogP contribution in [-0.4, -0.2) is 9.66 Å². The van der Waals surface area contributed by atoms with Crippen LogP contribution >= 0.6 is 0 Å². The Bertz CT molecular complexity index is 404. The number of nitrogens with zero attached hydrogens (tertiary/aromatic N) is 2. The van der Waals surface area contributed by atoms with Gasteiger partial charge in [-0.05, 0) is 25.7 Å². The fraction of sp³-hybridized carbons (Fsp3) is 0.500. The fourth-order valence-corrected chi connectivity index (χ4v) is 1.84. The number of aromatic nitrogens is 2. The van der Waals surface area contributed by atoms with Crippen molar-refractivity contribution in [2.45, 2.75) is 30.8 Å². The molecule has 0 aliphatic heterocycles. The van der Waals surface area contributed by atoms with Gasteiger partial charge in [-0.15, -0.1) is 0 Å². The topological polar surface area (TPSA) is 60.9 Å². The first-order chi connectivity index (χ1) is 6.20. The third kappa shape index (κ3) is 2.20. The second-order valence-electron chi connectivity index (χ2n) is 3.20. The predicted molar refractivity (Wildman–Crippen MR) is 50.9 cm³/mol. The molecule has 70 valence electrons. The van der Waals surface area contributed by atoms with E-state index < -0.39 is 0 Å². The van der Waals surface area contributed by atoms with Crippen molar-refractivity contribution in [3.05, 3.63) is 21.6 Å². The molecule has 0 amide bonds. The summed E-state index contributed by atoms with van der Waals surface area (Å²) in [6.45, 7) is 0. The van der Waals surface area contributed by atoms with Gasteiger partial charge in [0.2, 0.25) is 0 Å². The Morgan fingerprint density at radius 3 is 2.71 bits per heavy atom. The van der Waals surface area contributed by atoms with E-state index in [1.807, 2.05) is 0 Å². The molecule has 0 aromatic carbocycles. The largest absolute Gasteiger partial charge is 1.00 e. The molecule has 0 unspecified atom stereocenters. The van der Waals surface area contributed by atoms with Crippen LogP contribution in [0.5, 0.6) is 0 Å². The zero-order valence-electron chi connectivity index (χ0n) is 8.12. The first-order valence-electron chi connectivity index (χ1n) is 4.27. The van der Waals surface area contributed by atoms with Crippen molar-refractivity contribution in [1.82, 2.24) is 9.66 Å². The molecule has 0 saturated heterocycles. The van der Waals surface area contributed by atoms with E-state index in [4.69, 9.17) is 18.5 Å². The van der Waals surface area contributed by atoms with Crippen molar-refractivity contribution in [1.29, 1.82) is 0 Å². The third-order valence-electron chi connectivity index (χ3n) is 2.35. The number of nitrogen functional groups attached to an aromatic ring is 1. The first kappa shape index (κ1) is 12.6. The van der Waals surface area contributed by atoms with Crippen molar-refractivity contribution in [3.63, 3.8) is 0 Å². The van der Waals surface area contributed by atoms with E-state index in [-0.39, 0.29) is 62.1 Å². The van der Waals surface area contributed by atoms with Crippen LogP contribution in [0.25, 0.3) is 0 Å². The van der Waals surface area contributed by atoms with Crippen LogP contribution in [0.15, 0.2) is 9.95 Å². The van der Waals surface area contributed by atoms with E-state index in [0.29, 0.717) is 0 Å². The number of rotatable bonds is 0. The second kappa shape index (κ2) is 5.04. The number of nitrogens with two attached hydrogens (primary N) is 1. The summed E-state index contributed by atoms with van der Waals surface area (Å²) in [6, 6.07) is 0. The van der Waals surface area contributed by atoms with Crippen LogP contribution in [-0.2, 0) is 25.5 Å². The smallest absolute Gasteiger partial charge is 0.740 e. The summed E-state index contributed by atoms with van der Waals surface area (Å²) in [4.78, 5) is 15.7. The normalized spacial score (nSPS) is 14.3. The molecule has 0 saturated carbocycles. The maximum absolute atomic E-state index is 11.6. The molecule has 2 rings (SSSR count). The molecule has 1 heterocycles. The van der Waals surface area contributed by atoms with Crippen LogP contribution in [0.4, 0.5) is 0 Å². The van der Waals surface area contributed by atoms with Gasteiger partial charge in [0.05, 0.1) is 0 Å². The Labute approximate surface area is 130 Å². The second-order valence-corrected chi connectivity index (χ2v) is 3.57. The molecule has 0 fully saturated rings. The molecule has 6 heteroatoms. The number of hydrogen-bond acceptors (Lipinski definition) is 4. The summed E-state index contributed by atoms with van der Waals surface area (Å²) >= 11 is 4.85. The summed E-state index contributed by atoms with van der Waals surface area (Å²) in [6.07, 6.45) is 3.77. The zero-order chi connectivity index (χ0) is 9.42. The molecule has 1 aromatic rings. The Hall–Kier alpha value is 0.536. The minimum absolute atomic E-state index is 0. The summed E-state index contributed by atoms with van der Waals surface area (Å²) in [5.74, 6) is 5.44. The molecular weight excluding hydrogens is 225 g/mol. The van der Waals surface area contributed by atoms with E-state index in [0.717, 1.165) is 41.6 Å². The number of aryl methyl sites for hydroxylation is 1. The molecule has 2 N–H and O–H groups in total. The third-order valence-corrected chi connectivity index (χ3v) is 2.64. The van der Waals surface area contributed by atoms with Crippen molar-refractivity contribution in [2.24, 2.45) is 0 Å². The van der Waals surface area contributed by atoms with Gasteiger partial charge < -0.3 is 18.5 Å². The Kier molecular flexibility index (Phi) is 4.54. The number of fused-ring (bicyclic) bond motifs is 1. The summed E-state index contributed by atoms with van der Waals surface area (Å²) in [7, 11) is 0. The van der Waals surface area contributed by atoms with Crippen LogP contribution in [0.1, 0.15) is 24.1 Å². The maximum Gasteiger partial charge on any atom is 1.00 e. The van der Waals surface area contributed by atoms with Crippen LogP contribution in [0, 0.1) is 0 Å². The van der Waals surface area contributed by atoms with E-state index in [9.17, 15) is 4.79 Å².